The maximum Gasteiger partial charge on any atom is 0.340 e. The van der Waals surface area contributed by atoms with Gasteiger partial charge in [0.15, 0.2) is 12.4 Å². The van der Waals surface area contributed by atoms with E-state index in [4.69, 9.17) is 9.47 Å². The van der Waals surface area contributed by atoms with Crippen molar-refractivity contribution in [2.24, 2.45) is 0 Å². The minimum Gasteiger partial charge on any atom is -0.462 e. The van der Waals surface area contributed by atoms with Gasteiger partial charge in [-0.15, -0.1) is 11.3 Å². The molecule has 28 heavy (non-hydrogen) atoms. The number of nitrogens with one attached hydrogen (secondary N) is 1. The number of hydrogen-bond donors (Lipinski definition) is 1. The minimum absolute atomic E-state index is 0.0172. The van der Waals surface area contributed by atoms with Crippen LogP contribution in [0, 0.1) is 20.8 Å². The van der Waals surface area contributed by atoms with E-state index in [2.05, 4.69) is 4.98 Å². The molecule has 0 fully saturated rings. The lowest BCUT2D eigenvalue weighted by Gasteiger charge is -2.07. The Bertz CT molecular complexity index is 908. The van der Waals surface area contributed by atoms with Crippen LogP contribution in [-0.2, 0) is 14.3 Å². The number of carbonyl (C=O) groups excluding carboxylic acids is 4. The molecule has 0 bridgehead atoms. The van der Waals surface area contributed by atoms with Crippen molar-refractivity contribution in [3.8, 4) is 0 Å². The molecular weight excluding hydrogens is 382 g/mol. The zero-order valence-electron chi connectivity index (χ0n) is 16.3. The summed E-state index contributed by atoms with van der Waals surface area (Å²) in [6, 6.07) is 3.57. The number of rotatable bonds is 9. The lowest BCUT2D eigenvalue weighted by Crippen LogP contribution is -2.18. The Morgan fingerprint density at radius 3 is 2.21 bits per heavy atom. The van der Waals surface area contributed by atoms with Gasteiger partial charge in [0, 0.05) is 22.7 Å². The number of thiophene rings is 1. The first-order chi connectivity index (χ1) is 13.2. The van der Waals surface area contributed by atoms with E-state index < -0.39 is 24.3 Å². The molecule has 2 rings (SSSR count). The number of aromatic amines is 1. The predicted molar refractivity (Wildman–Crippen MR) is 104 cm³/mol. The molecule has 8 heteroatoms. The van der Waals surface area contributed by atoms with Crippen molar-refractivity contribution in [3.05, 3.63) is 44.4 Å². The minimum atomic E-state index is -0.641. The number of aromatic nitrogens is 1. The standard InChI is InChI=1S/C20H23NO6S/c1-5-26-20(25)19-13(4)21-12(3)18(19)15(23)10-27-17(24)9-7-14(22)16-8-6-11(2)28-16/h6,8,21H,5,7,9-10H2,1-4H3. The molecule has 7 nitrogen and oxygen atoms in total. The molecule has 0 aliphatic carbocycles. The van der Waals surface area contributed by atoms with E-state index in [-0.39, 0.29) is 36.4 Å². The third-order valence-corrected chi connectivity index (χ3v) is 5.11. The number of ether oxygens (including phenoxy) is 2. The van der Waals surface area contributed by atoms with E-state index in [1.165, 1.54) is 11.3 Å². The van der Waals surface area contributed by atoms with Crippen LogP contribution in [0.5, 0.6) is 0 Å². The quantitative estimate of drug-likeness (QED) is 0.505. The molecule has 0 aliphatic heterocycles. The molecule has 1 N–H and O–H groups in total. The van der Waals surface area contributed by atoms with Crippen molar-refractivity contribution in [3.63, 3.8) is 0 Å². The topological polar surface area (TPSA) is 103 Å². The smallest absolute Gasteiger partial charge is 0.340 e. The summed E-state index contributed by atoms with van der Waals surface area (Å²) in [5, 5.41) is 0. The summed E-state index contributed by atoms with van der Waals surface area (Å²) in [7, 11) is 0. The zero-order valence-corrected chi connectivity index (χ0v) is 17.2. The lowest BCUT2D eigenvalue weighted by atomic mass is 10.1. The Labute approximate surface area is 167 Å². The number of aryl methyl sites for hydroxylation is 3. The largest absolute Gasteiger partial charge is 0.462 e. The van der Waals surface area contributed by atoms with Crippen LogP contribution in [-0.4, -0.2) is 41.7 Å². The third-order valence-electron chi connectivity index (χ3n) is 4.07. The Hall–Kier alpha value is -2.74. The van der Waals surface area contributed by atoms with E-state index in [0.717, 1.165) is 4.88 Å². The van der Waals surface area contributed by atoms with Crippen molar-refractivity contribution in [1.29, 1.82) is 0 Å². The van der Waals surface area contributed by atoms with Crippen molar-refractivity contribution < 1.29 is 28.7 Å². The average molecular weight is 405 g/mol. The van der Waals surface area contributed by atoms with Gasteiger partial charge in [0.05, 0.1) is 29.0 Å². The fraction of sp³-hybridized carbons (Fsp3) is 0.400. The monoisotopic (exact) mass is 405 g/mol. The second-order valence-electron chi connectivity index (χ2n) is 6.26. The Morgan fingerprint density at radius 2 is 1.61 bits per heavy atom. The van der Waals surface area contributed by atoms with Crippen molar-refractivity contribution in [2.75, 3.05) is 13.2 Å². The van der Waals surface area contributed by atoms with E-state index in [0.29, 0.717) is 16.3 Å². The first-order valence-corrected chi connectivity index (χ1v) is 9.71. The maximum atomic E-state index is 12.5. The van der Waals surface area contributed by atoms with Gasteiger partial charge in [0.2, 0.25) is 5.78 Å². The second-order valence-corrected chi connectivity index (χ2v) is 7.55. The number of carbonyl (C=O) groups is 4. The van der Waals surface area contributed by atoms with Crippen LogP contribution in [0.2, 0.25) is 0 Å². The van der Waals surface area contributed by atoms with Gasteiger partial charge in [-0.2, -0.15) is 0 Å². The Morgan fingerprint density at radius 1 is 0.929 bits per heavy atom. The van der Waals surface area contributed by atoms with E-state index in [9.17, 15) is 19.2 Å². The average Bonchev–Trinajstić information content (AvgIpc) is 3.20. The molecule has 0 amide bonds. The number of esters is 2. The first-order valence-electron chi connectivity index (χ1n) is 8.89. The van der Waals surface area contributed by atoms with E-state index in [1.807, 2.05) is 13.0 Å². The van der Waals surface area contributed by atoms with Gasteiger partial charge in [-0.1, -0.05) is 0 Å². The van der Waals surface area contributed by atoms with Gasteiger partial charge in [-0.05, 0) is 39.8 Å². The van der Waals surface area contributed by atoms with Crippen LogP contribution in [0.15, 0.2) is 12.1 Å². The zero-order chi connectivity index (χ0) is 20.8. The molecule has 0 atom stereocenters. The normalized spacial score (nSPS) is 10.6. The van der Waals surface area contributed by atoms with Crippen molar-refractivity contribution >= 4 is 34.8 Å². The summed E-state index contributed by atoms with van der Waals surface area (Å²) < 4.78 is 10.00. The van der Waals surface area contributed by atoms with Gasteiger partial charge in [-0.3, -0.25) is 14.4 Å². The molecular formula is C20H23NO6S. The highest BCUT2D eigenvalue weighted by molar-refractivity contribution is 7.14. The molecule has 0 saturated carbocycles. The summed E-state index contributed by atoms with van der Waals surface area (Å²) in [6.07, 6.45) is -0.0950. The van der Waals surface area contributed by atoms with Gasteiger partial charge in [0.1, 0.15) is 0 Å². The van der Waals surface area contributed by atoms with E-state index in [1.54, 1.807) is 26.8 Å². The van der Waals surface area contributed by atoms with Crippen LogP contribution < -0.4 is 0 Å². The van der Waals surface area contributed by atoms with Gasteiger partial charge in [0.25, 0.3) is 0 Å². The molecule has 0 aliphatic rings. The van der Waals surface area contributed by atoms with Crippen molar-refractivity contribution in [2.45, 2.75) is 40.5 Å². The van der Waals surface area contributed by atoms with Gasteiger partial charge < -0.3 is 14.5 Å². The van der Waals surface area contributed by atoms with Crippen LogP contribution >= 0.6 is 11.3 Å². The molecule has 2 heterocycles. The number of H-pyrrole nitrogens is 1. The molecule has 0 saturated heterocycles. The highest BCUT2D eigenvalue weighted by Gasteiger charge is 2.26. The predicted octanol–water partition coefficient (Wildman–Crippen LogP) is 3.57. The molecule has 2 aromatic rings. The summed E-state index contributed by atoms with van der Waals surface area (Å²) >= 11 is 1.37. The van der Waals surface area contributed by atoms with Crippen LogP contribution in [0.4, 0.5) is 0 Å². The van der Waals surface area contributed by atoms with E-state index >= 15 is 0 Å². The lowest BCUT2D eigenvalue weighted by molar-refractivity contribution is -0.142. The van der Waals surface area contributed by atoms with Crippen LogP contribution in [0.3, 0.4) is 0 Å². The Kier molecular flexibility index (Phi) is 7.28. The highest BCUT2D eigenvalue weighted by Crippen LogP contribution is 2.21. The van der Waals surface area contributed by atoms with Gasteiger partial charge in [-0.25, -0.2) is 4.79 Å². The number of ketones is 2. The Balaban J connectivity index is 1.94. The SMILES string of the molecule is CCOC(=O)c1c(C)[nH]c(C)c1C(=O)COC(=O)CCC(=O)c1ccc(C)s1. The summed E-state index contributed by atoms with van der Waals surface area (Å²) in [4.78, 5) is 53.1. The third kappa shape index (κ3) is 5.16. The first kappa shape index (κ1) is 21.6. The van der Waals surface area contributed by atoms with Crippen molar-refractivity contribution in [1.82, 2.24) is 4.98 Å². The fourth-order valence-corrected chi connectivity index (χ4v) is 3.64. The molecule has 0 radical (unpaired) electrons. The highest BCUT2D eigenvalue weighted by atomic mass is 32.1. The van der Waals surface area contributed by atoms with Gasteiger partial charge >= 0.3 is 11.9 Å². The molecule has 2 aromatic heterocycles. The van der Waals surface area contributed by atoms with Crippen LogP contribution in [0.25, 0.3) is 0 Å². The fourth-order valence-electron chi connectivity index (χ4n) is 2.80. The molecule has 0 aromatic carbocycles. The number of Topliss-reactive ketones (excluding diaryl/α,β-unsaturated/α-hetero) is 2. The molecule has 0 spiro atoms. The second kappa shape index (κ2) is 9.45. The summed E-state index contributed by atoms with van der Waals surface area (Å²) in [5.41, 5.74) is 1.34. The van der Waals surface area contributed by atoms with Crippen LogP contribution in [0.1, 0.15) is 66.4 Å². The maximum absolute atomic E-state index is 12.5. The number of hydrogen-bond acceptors (Lipinski definition) is 7. The molecule has 150 valence electrons. The summed E-state index contributed by atoms with van der Waals surface area (Å²) in [5.74, 6) is -1.88. The summed E-state index contributed by atoms with van der Waals surface area (Å²) in [6.45, 7) is 6.58. The molecule has 0 unspecified atom stereocenters.